The Kier molecular flexibility index (Phi) is 6.59. The van der Waals surface area contributed by atoms with Crippen molar-refractivity contribution in [1.82, 2.24) is 4.31 Å². The number of hydrogen-bond acceptors (Lipinski definition) is 7. The van der Waals surface area contributed by atoms with Crippen LogP contribution in [0, 0.1) is 0 Å². The summed E-state index contributed by atoms with van der Waals surface area (Å²) >= 11 is 0. The molecule has 1 aliphatic heterocycles. The summed E-state index contributed by atoms with van der Waals surface area (Å²) in [4.78, 5) is 24.6. The van der Waals surface area contributed by atoms with E-state index in [1.807, 2.05) is 6.07 Å². The molecular weight excluding hydrogens is 448 g/mol. The first-order valence-electron chi connectivity index (χ1n) is 10.2. The molecule has 0 aliphatic carbocycles. The summed E-state index contributed by atoms with van der Waals surface area (Å²) in [5, 5.41) is 14.2. The largest absolute Gasteiger partial charge is 0.507 e. The van der Waals surface area contributed by atoms with Crippen molar-refractivity contribution in [2.24, 2.45) is 0 Å². The minimum atomic E-state index is -3.63. The van der Waals surface area contributed by atoms with Gasteiger partial charge in [0.1, 0.15) is 11.3 Å². The first-order valence-corrected chi connectivity index (χ1v) is 11.7. The summed E-state index contributed by atoms with van der Waals surface area (Å²) in [7, 11) is -3.63. The highest BCUT2D eigenvalue weighted by Gasteiger charge is 2.26. The number of hydrogen-bond donors (Lipinski definition) is 2. The molecule has 2 N–H and O–H groups in total. The molecule has 9 nitrogen and oxygen atoms in total. The highest BCUT2D eigenvalue weighted by molar-refractivity contribution is 7.89. The first-order chi connectivity index (χ1) is 15.8. The predicted octanol–water partition coefficient (Wildman–Crippen LogP) is 2.36. The Labute approximate surface area is 190 Å². The van der Waals surface area contributed by atoms with Crippen molar-refractivity contribution in [3.8, 4) is 5.75 Å². The molecule has 0 atom stereocenters. The van der Waals surface area contributed by atoms with Crippen LogP contribution in [0.1, 0.15) is 10.4 Å². The number of nitrogens with zero attached hydrogens (tertiary/aromatic N) is 1. The molecule has 172 valence electrons. The standard InChI is InChI=1S/C23H22N2O7S/c26-21-14-17-4-2-1-3-16(17)13-20(21)23(28)32-15-22(27)24-18-5-7-19(8-6-18)33(29,30)25-9-11-31-12-10-25/h1-8,13-14,26H,9-12,15H2,(H,24,27). The van der Waals surface area contributed by atoms with Gasteiger partial charge in [-0.3, -0.25) is 4.79 Å². The van der Waals surface area contributed by atoms with Crippen molar-refractivity contribution >= 4 is 38.4 Å². The van der Waals surface area contributed by atoms with Crippen molar-refractivity contribution in [2.75, 3.05) is 38.2 Å². The third-order valence-electron chi connectivity index (χ3n) is 5.16. The molecule has 0 unspecified atom stereocenters. The van der Waals surface area contributed by atoms with Gasteiger partial charge in [-0.2, -0.15) is 4.31 Å². The molecule has 1 aliphatic rings. The van der Waals surface area contributed by atoms with Crippen LogP contribution in [0.15, 0.2) is 65.6 Å². The summed E-state index contributed by atoms with van der Waals surface area (Å²) in [6.45, 7) is 0.711. The van der Waals surface area contributed by atoms with Crippen molar-refractivity contribution in [3.63, 3.8) is 0 Å². The van der Waals surface area contributed by atoms with Gasteiger partial charge in [0, 0.05) is 18.8 Å². The van der Waals surface area contributed by atoms with Crippen molar-refractivity contribution < 1.29 is 32.6 Å². The second kappa shape index (κ2) is 9.57. The zero-order valence-electron chi connectivity index (χ0n) is 17.6. The number of amides is 1. The average molecular weight is 471 g/mol. The molecule has 0 radical (unpaired) electrons. The quantitative estimate of drug-likeness (QED) is 0.530. The third-order valence-corrected chi connectivity index (χ3v) is 7.08. The number of anilines is 1. The Hall–Kier alpha value is -3.47. The number of benzene rings is 3. The van der Waals surface area contributed by atoms with Crippen LogP contribution >= 0.6 is 0 Å². The Bertz CT molecular complexity index is 1280. The number of phenols is 1. The lowest BCUT2D eigenvalue weighted by atomic mass is 10.1. The van der Waals surface area contributed by atoms with Crippen LogP contribution in [0.5, 0.6) is 5.75 Å². The molecule has 3 aromatic rings. The highest BCUT2D eigenvalue weighted by atomic mass is 32.2. The molecule has 1 saturated heterocycles. The number of esters is 1. The Morgan fingerprint density at radius 2 is 1.64 bits per heavy atom. The molecule has 33 heavy (non-hydrogen) atoms. The smallest absolute Gasteiger partial charge is 0.342 e. The number of morpholine rings is 1. The number of fused-ring (bicyclic) bond motifs is 1. The van der Waals surface area contributed by atoms with Gasteiger partial charge in [-0.25, -0.2) is 13.2 Å². The van der Waals surface area contributed by atoms with E-state index in [2.05, 4.69) is 5.32 Å². The maximum atomic E-state index is 12.6. The van der Waals surface area contributed by atoms with Crippen LogP contribution in [0.3, 0.4) is 0 Å². The number of nitrogens with one attached hydrogen (secondary N) is 1. The van der Waals surface area contributed by atoms with Crippen LogP contribution in [0.2, 0.25) is 0 Å². The molecule has 1 fully saturated rings. The maximum absolute atomic E-state index is 12.6. The number of rotatable bonds is 6. The Balaban J connectivity index is 1.35. The normalized spacial score (nSPS) is 14.7. The lowest BCUT2D eigenvalue weighted by Gasteiger charge is -2.26. The molecule has 0 aromatic heterocycles. The fourth-order valence-corrected chi connectivity index (χ4v) is 4.85. The van der Waals surface area contributed by atoms with Crippen LogP contribution in [0.4, 0.5) is 5.69 Å². The number of carbonyl (C=O) groups is 2. The van der Waals surface area contributed by atoms with Gasteiger partial charge in [-0.05, 0) is 47.2 Å². The molecule has 4 rings (SSSR count). The van der Waals surface area contributed by atoms with Gasteiger partial charge in [-0.15, -0.1) is 0 Å². The monoisotopic (exact) mass is 470 g/mol. The van der Waals surface area contributed by atoms with Crippen LogP contribution < -0.4 is 5.32 Å². The van der Waals surface area contributed by atoms with E-state index < -0.39 is 28.5 Å². The molecule has 3 aromatic carbocycles. The SMILES string of the molecule is O=C(COC(=O)c1cc2ccccc2cc1O)Nc1ccc(S(=O)(=O)N2CCOCC2)cc1. The van der Waals surface area contributed by atoms with Crippen molar-refractivity contribution in [1.29, 1.82) is 0 Å². The van der Waals surface area contributed by atoms with E-state index in [1.165, 1.54) is 40.7 Å². The second-order valence-corrected chi connectivity index (χ2v) is 9.32. The van der Waals surface area contributed by atoms with Gasteiger partial charge in [0.25, 0.3) is 5.91 Å². The van der Waals surface area contributed by atoms with Crippen molar-refractivity contribution in [3.05, 3.63) is 66.2 Å². The van der Waals surface area contributed by atoms with E-state index in [9.17, 15) is 23.1 Å². The molecular formula is C23H22N2O7S. The molecule has 0 spiro atoms. The topological polar surface area (TPSA) is 122 Å². The Morgan fingerprint density at radius 1 is 1.00 bits per heavy atom. The van der Waals surface area contributed by atoms with Crippen LogP contribution in [-0.2, 0) is 24.3 Å². The Morgan fingerprint density at radius 3 is 2.30 bits per heavy atom. The van der Waals surface area contributed by atoms with Gasteiger partial charge in [0.15, 0.2) is 6.61 Å². The number of aromatic hydroxyl groups is 1. The van der Waals surface area contributed by atoms with Gasteiger partial charge >= 0.3 is 5.97 Å². The first kappa shape index (κ1) is 22.7. The van der Waals surface area contributed by atoms with E-state index in [1.54, 1.807) is 18.2 Å². The van der Waals surface area contributed by atoms with E-state index in [-0.39, 0.29) is 16.2 Å². The maximum Gasteiger partial charge on any atom is 0.342 e. The number of phenolic OH excluding ortho intramolecular Hbond substituents is 1. The molecule has 0 saturated carbocycles. The van der Waals surface area contributed by atoms with Gasteiger partial charge in [0.05, 0.1) is 18.1 Å². The van der Waals surface area contributed by atoms with Crippen molar-refractivity contribution in [2.45, 2.75) is 4.90 Å². The lowest BCUT2D eigenvalue weighted by molar-refractivity contribution is -0.119. The van der Waals surface area contributed by atoms with Crippen LogP contribution in [-0.4, -0.2) is 62.6 Å². The average Bonchev–Trinajstić information content (AvgIpc) is 2.83. The van der Waals surface area contributed by atoms with E-state index >= 15 is 0 Å². The van der Waals surface area contributed by atoms with Crippen LogP contribution in [0.25, 0.3) is 10.8 Å². The van der Waals surface area contributed by atoms with Gasteiger partial charge in [-0.1, -0.05) is 24.3 Å². The number of sulfonamides is 1. The number of carbonyl (C=O) groups excluding carboxylic acids is 2. The summed E-state index contributed by atoms with van der Waals surface area (Å²) in [5.74, 6) is -1.68. The predicted molar refractivity (Wildman–Crippen MR) is 121 cm³/mol. The number of ether oxygens (including phenoxy) is 2. The zero-order valence-corrected chi connectivity index (χ0v) is 18.4. The molecule has 1 heterocycles. The minimum absolute atomic E-state index is 0.0424. The third kappa shape index (κ3) is 5.14. The van der Waals surface area contributed by atoms with E-state index in [0.29, 0.717) is 32.0 Å². The lowest BCUT2D eigenvalue weighted by Crippen LogP contribution is -2.40. The highest BCUT2D eigenvalue weighted by Crippen LogP contribution is 2.25. The molecule has 0 bridgehead atoms. The summed E-state index contributed by atoms with van der Waals surface area (Å²) in [6.07, 6.45) is 0. The summed E-state index contributed by atoms with van der Waals surface area (Å²) < 4.78 is 36.9. The van der Waals surface area contributed by atoms with E-state index in [0.717, 1.165) is 10.8 Å². The summed E-state index contributed by atoms with van der Waals surface area (Å²) in [6, 6.07) is 15.9. The fourth-order valence-electron chi connectivity index (χ4n) is 3.44. The molecule has 10 heteroatoms. The zero-order chi connectivity index (χ0) is 23.4. The molecule has 1 amide bonds. The minimum Gasteiger partial charge on any atom is -0.507 e. The fraction of sp³-hybridized carbons (Fsp3) is 0.217. The van der Waals surface area contributed by atoms with Gasteiger partial charge in [0.2, 0.25) is 10.0 Å². The van der Waals surface area contributed by atoms with Gasteiger partial charge < -0.3 is 19.9 Å². The van der Waals surface area contributed by atoms with E-state index in [4.69, 9.17) is 9.47 Å². The summed E-state index contributed by atoms with van der Waals surface area (Å²) in [5.41, 5.74) is 0.310. The second-order valence-electron chi connectivity index (χ2n) is 7.38.